The van der Waals surface area contributed by atoms with E-state index in [4.69, 9.17) is 4.74 Å². The highest BCUT2D eigenvalue weighted by molar-refractivity contribution is 9.10. The number of hydrogen-bond donors (Lipinski definition) is 0. The van der Waals surface area contributed by atoms with E-state index in [1.165, 1.54) is 0 Å². The van der Waals surface area contributed by atoms with Gasteiger partial charge in [0.15, 0.2) is 5.78 Å². The van der Waals surface area contributed by atoms with Crippen LogP contribution in [0.5, 0.6) is 5.75 Å². The fraction of sp³-hybridized carbons (Fsp3) is 0.562. The highest BCUT2D eigenvalue weighted by Gasteiger charge is 2.36. The predicted molar refractivity (Wildman–Crippen MR) is 86.4 cm³/mol. The molecule has 4 heteroatoms. The van der Waals surface area contributed by atoms with Crippen LogP contribution in [0, 0.1) is 0 Å². The van der Waals surface area contributed by atoms with Gasteiger partial charge in [-0.3, -0.25) is 9.69 Å². The lowest BCUT2D eigenvalue weighted by Gasteiger charge is -2.37. The lowest BCUT2D eigenvalue weighted by atomic mass is 9.83. The van der Waals surface area contributed by atoms with E-state index in [1.807, 2.05) is 37.2 Å². The first kappa shape index (κ1) is 17.2. The van der Waals surface area contributed by atoms with Gasteiger partial charge in [0.25, 0.3) is 0 Å². The number of carbonyl (C=O) groups excluding carboxylic acids is 1. The molecule has 112 valence electrons. The first-order valence-corrected chi connectivity index (χ1v) is 7.73. The number of ether oxygens (including phenoxy) is 1. The molecular weight excluding hydrogens is 318 g/mol. The van der Waals surface area contributed by atoms with E-state index in [0.717, 1.165) is 28.6 Å². The first-order valence-electron chi connectivity index (χ1n) is 6.94. The topological polar surface area (TPSA) is 29.5 Å². The molecule has 0 aliphatic heterocycles. The second-order valence-corrected chi connectivity index (χ2v) is 6.10. The van der Waals surface area contributed by atoms with Crippen molar-refractivity contribution in [1.29, 1.82) is 0 Å². The maximum absolute atomic E-state index is 12.8. The van der Waals surface area contributed by atoms with Crippen molar-refractivity contribution in [3.63, 3.8) is 0 Å². The zero-order valence-electron chi connectivity index (χ0n) is 13.0. The molecule has 1 aromatic carbocycles. The van der Waals surface area contributed by atoms with Crippen LogP contribution in [0.25, 0.3) is 0 Å². The van der Waals surface area contributed by atoms with Crippen molar-refractivity contribution >= 4 is 21.7 Å². The molecule has 3 nitrogen and oxygen atoms in total. The maximum Gasteiger partial charge on any atom is 0.157 e. The number of Topliss-reactive ketones (excluding diaryl/α,β-unsaturated/α-hetero) is 1. The number of hydrogen-bond acceptors (Lipinski definition) is 3. The lowest BCUT2D eigenvalue weighted by Crippen LogP contribution is -2.51. The molecule has 1 rings (SSSR count). The Labute approximate surface area is 130 Å². The minimum atomic E-state index is -0.396. The third kappa shape index (κ3) is 3.41. The molecule has 0 fully saturated rings. The Balaban J connectivity index is 3.08. The monoisotopic (exact) mass is 341 g/mol. The molecule has 0 heterocycles. The number of likely N-dealkylation sites (N-methyl/N-ethyl adjacent to an activating group) is 1. The van der Waals surface area contributed by atoms with Gasteiger partial charge < -0.3 is 4.74 Å². The van der Waals surface area contributed by atoms with E-state index in [1.54, 1.807) is 7.11 Å². The molecule has 0 amide bonds. The van der Waals surface area contributed by atoms with Crippen molar-refractivity contribution in [2.75, 3.05) is 21.2 Å². The summed E-state index contributed by atoms with van der Waals surface area (Å²) in [5, 5.41) is 0. The molecule has 0 spiro atoms. The van der Waals surface area contributed by atoms with Crippen molar-refractivity contribution in [3.05, 3.63) is 28.2 Å². The van der Waals surface area contributed by atoms with Crippen molar-refractivity contribution in [1.82, 2.24) is 4.90 Å². The summed E-state index contributed by atoms with van der Waals surface area (Å²) in [6.45, 7) is 4.14. The highest BCUT2D eigenvalue weighted by atomic mass is 79.9. The standard InChI is InChI=1S/C16H24BrNO2/c1-6-16(7-2,18(3)4)15(19)11-12-10-13(17)8-9-14(12)20-5/h8-10H,6-7,11H2,1-5H3. The van der Waals surface area contributed by atoms with Crippen LogP contribution in [0.15, 0.2) is 22.7 Å². The molecule has 20 heavy (non-hydrogen) atoms. The van der Waals surface area contributed by atoms with Gasteiger partial charge in [-0.05, 0) is 45.1 Å². The smallest absolute Gasteiger partial charge is 0.157 e. The maximum atomic E-state index is 12.8. The summed E-state index contributed by atoms with van der Waals surface area (Å²) in [5.41, 5.74) is 0.535. The van der Waals surface area contributed by atoms with E-state index in [9.17, 15) is 4.79 Å². The average molecular weight is 342 g/mol. The van der Waals surface area contributed by atoms with Crippen LogP contribution in [-0.4, -0.2) is 37.4 Å². The number of benzene rings is 1. The fourth-order valence-corrected chi connectivity index (χ4v) is 3.16. The minimum absolute atomic E-state index is 0.240. The molecule has 0 unspecified atom stereocenters. The molecule has 0 bridgehead atoms. The van der Waals surface area contributed by atoms with Gasteiger partial charge in [-0.15, -0.1) is 0 Å². The van der Waals surface area contributed by atoms with Crippen molar-refractivity contribution in [2.45, 2.75) is 38.6 Å². The molecule has 0 saturated carbocycles. The van der Waals surface area contributed by atoms with E-state index in [2.05, 4.69) is 29.8 Å². The minimum Gasteiger partial charge on any atom is -0.496 e. The number of rotatable bonds is 7. The Morgan fingerprint density at radius 1 is 1.30 bits per heavy atom. The van der Waals surface area contributed by atoms with Crippen molar-refractivity contribution < 1.29 is 9.53 Å². The predicted octanol–water partition coefficient (Wildman–Crippen LogP) is 3.69. The van der Waals surface area contributed by atoms with Crippen LogP contribution in [0.1, 0.15) is 32.3 Å². The zero-order valence-corrected chi connectivity index (χ0v) is 14.6. The van der Waals surface area contributed by atoms with Gasteiger partial charge in [-0.25, -0.2) is 0 Å². The second kappa shape index (κ2) is 7.23. The third-order valence-electron chi connectivity index (χ3n) is 4.14. The van der Waals surface area contributed by atoms with Gasteiger partial charge in [0, 0.05) is 16.5 Å². The van der Waals surface area contributed by atoms with E-state index in [-0.39, 0.29) is 5.78 Å². The quantitative estimate of drug-likeness (QED) is 0.757. The SMILES string of the molecule is CCC(CC)(C(=O)Cc1cc(Br)ccc1OC)N(C)C. The number of ketones is 1. The summed E-state index contributed by atoms with van der Waals surface area (Å²) in [6, 6.07) is 5.77. The Kier molecular flexibility index (Phi) is 6.21. The van der Waals surface area contributed by atoms with Crippen molar-refractivity contribution in [3.8, 4) is 5.75 Å². The van der Waals surface area contributed by atoms with Crippen LogP contribution < -0.4 is 4.74 Å². The van der Waals surface area contributed by atoms with Gasteiger partial charge >= 0.3 is 0 Å². The van der Waals surface area contributed by atoms with Gasteiger partial charge in [-0.1, -0.05) is 29.8 Å². The summed E-state index contributed by atoms with van der Waals surface area (Å²) >= 11 is 3.45. The fourth-order valence-electron chi connectivity index (χ4n) is 2.75. The van der Waals surface area contributed by atoms with Crippen LogP contribution in [0.4, 0.5) is 0 Å². The highest BCUT2D eigenvalue weighted by Crippen LogP contribution is 2.28. The number of methoxy groups -OCH3 is 1. The normalized spacial score (nSPS) is 11.8. The first-order chi connectivity index (χ1) is 9.41. The summed E-state index contributed by atoms with van der Waals surface area (Å²) in [6.07, 6.45) is 2.01. The molecular formula is C16H24BrNO2. The third-order valence-corrected chi connectivity index (χ3v) is 4.63. The summed E-state index contributed by atoms with van der Waals surface area (Å²) in [7, 11) is 5.59. The molecule has 0 saturated heterocycles. The number of halogens is 1. The van der Waals surface area contributed by atoms with Gasteiger partial charge in [0.05, 0.1) is 12.6 Å². The summed E-state index contributed by atoms with van der Waals surface area (Å²) < 4.78 is 6.32. The Morgan fingerprint density at radius 3 is 2.35 bits per heavy atom. The molecule has 1 aromatic rings. The Bertz CT molecular complexity index is 468. The molecule has 0 atom stereocenters. The van der Waals surface area contributed by atoms with Crippen LogP contribution in [0.2, 0.25) is 0 Å². The second-order valence-electron chi connectivity index (χ2n) is 5.19. The number of nitrogens with zero attached hydrogens (tertiary/aromatic N) is 1. The summed E-state index contributed by atoms with van der Waals surface area (Å²) in [5.74, 6) is 1.00. The van der Waals surface area contributed by atoms with E-state index >= 15 is 0 Å². The number of carbonyl (C=O) groups is 1. The van der Waals surface area contributed by atoms with Gasteiger partial charge in [-0.2, -0.15) is 0 Å². The largest absolute Gasteiger partial charge is 0.496 e. The van der Waals surface area contributed by atoms with E-state index < -0.39 is 5.54 Å². The van der Waals surface area contributed by atoms with Crippen molar-refractivity contribution in [2.24, 2.45) is 0 Å². The molecule has 0 aliphatic rings. The summed E-state index contributed by atoms with van der Waals surface area (Å²) in [4.78, 5) is 14.8. The lowest BCUT2D eigenvalue weighted by molar-refractivity contribution is -0.129. The van der Waals surface area contributed by atoms with Gasteiger partial charge in [0.2, 0.25) is 0 Å². The Hall–Kier alpha value is -0.870. The van der Waals surface area contributed by atoms with Crippen LogP contribution in [0.3, 0.4) is 0 Å². The van der Waals surface area contributed by atoms with Crippen LogP contribution in [-0.2, 0) is 11.2 Å². The van der Waals surface area contributed by atoms with Gasteiger partial charge in [0.1, 0.15) is 5.75 Å². The molecule has 0 N–H and O–H groups in total. The molecule has 0 radical (unpaired) electrons. The Morgan fingerprint density at radius 2 is 1.90 bits per heavy atom. The van der Waals surface area contributed by atoms with Crippen LogP contribution >= 0.6 is 15.9 Å². The zero-order chi connectivity index (χ0) is 15.3. The molecule has 0 aromatic heterocycles. The molecule has 0 aliphatic carbocycles. The average Bonchev–Trinajstić information content (AvgIpc) is 2.40. The van der Waals surface area contributed by atoms with E-state index in [0.29, 0.717) is 6.42 Å².